The summed E-state index contributed by atoms with van der Waals surface area (Å²) in [5.74, 6) is -0.166. The number of amides is 2. The molecule has 8 nitrogen and oxygen atoms in total. The van der Waals surface area contributed by atoms with E-state index in [0.29, 0.717) is 17.9 Å². The molecule has 0 unspecified atom stereocenters. The number of methoxy groups -OCH3 is 1. The number of hydrogen-bond acceptors (Lipinski definition) is 5. The Morgan fingerprint density at radius 2 is 1.62 bits per heavy atom. The number of benzene rings is 3. The standard InChI is InChI=1S/C31H39N3O5S/c1-7-28(31(36)32-22(2)3)33(20-25-14-12-15-26(19-25)39-6)30(35)21-34(29-18-11-13-23(4)24(29)5)40(37,38)27-16-9-8-10-17-27/h8-19,22,28H,7,20-21H2,1-6H3,(H,32,36)/t28-/m0/s1. The fourth-order valence-corrected chi connectivity index (χ4v) is 6.00. The minimum Gasteiger partial charge on any atom is -0.497 e. The van der Waals surface area contributed by atoms with Crippen LogP contribution in [0.1, 0.15) is 43.9 Å². The quantitative estimate of drug-likeness (QED) is 0.339. The predicted octanol–water partition coefficient (Wildman–Crippen LogP) is 4.84. The first-order valence-electron chi connectivity index (χ1n) is 13.4. The van der Waals surface area contributed by atoms with Crippen molar-refractivity contribution in [1.82, 2.24) is 10.2 Å². The number of hydrogen-bond donors (Lipinski definition) is 1. The van der Waals surface area contributed by atoms with Crippen LogP contribution in [-0.2, 0) is 26.2 Å². The lowest BCUT2D eigenvalue weighted by Crippen LogP contribution is -2.53. The second kappa shape index (κ2) is 13.5. The van der Waals surface area contributed by atoms with E-state index in [1.165, 1.54) is 17.0 Å². The average Bonchev–Trinajstić information content (AvgIpc) is 2.93. The number of carbonyl (C=O) groups excluding carboxylic acids is 2. The molecule has 1 atom stereocenters. The van der Waals surface area contributed by atoms with Crippen molar-refractivity contribution in [3.63, 3.8) is 0 Å². The fourth-order valence-electron chi connectivity index (χ4n) is 4.51. The molecule has 214 valence electrons. The minimum absolute atomic E-state index is 0.0765. The topological polar surface area (TPSA) is 96.0 Å². The number of rotatable bonds is 12. The van der Waals surface area contributed by atoms with E-state index in [1.807, 2.05) is 52.8 Å². The maximum absolute atomic E-state index is 14.2. The van der Waals surface area contributed by atoms with Gasteiger partial charge in [-0.2, -0.15) is 0 Å². The minimum atomic E-state index is -4.11. The highest BCUT2D eigenvalue weighted by Gasteiger charge is 2.34. The number of aryl methyl sites for hydroxylation is 1. The van der Waals surface area contributed by atoms with Crippen molar-refractivity contribution < 1.29 is 22.7 Å². The van der Waals surface area contributed by atoms with Crippen LogP contribution in [0.15, 0.2) is 77.7 Å². The van der Waals surface area contributed by atoms with E-state index in [0.717, 1.165) is 21.0 Å². The molecule has 0 aliphatic rings. The molecular formula is C31H39N3O5S. The lowest BCUT2D eigenvalue weighted by molar-refractivity contribution is -0.140. The number of nitrogens with one attached hydrogen (secondary N) is 1. The van der Waals surface area contributed by atoms with E-state index in [-0.39, 0.29) is 23.4 Å². The molecule has 1 N–H and O–H groups in total. The van der Waals surface area contributed by atoms with Crippen LogP contribution < -0.4 is 14.4 Å². The van der Waals surface area contributed by atoms with Gasteiger partial charge in [0.2, 0.25) is 11.8 Å². The molecule has 9 heteroatoms. The number of sulfonamides is 1. The maximum Gasteiger partial charge on any atom is 0.264 e. The number of carbonyl (C=O) groups is 2. The normalized spacial score (nSPS) is 12.1. The molecule has 0 aliphatic heterocycles. The van der Waals surface area contributed by atoms with Gasteiger partial charge in [-0.3, -0.25) is 13.9 Å². The summed E-state index contributed by atoms with van der Waals surface area (Å²) in [5, 5.41) is 2.91. The summed E-state index contributed by atoms with van der Waals surface area (Å²) in [6.07, 6.45) is 0.350. The lowest BCUT2D eigenvalue weighted by Gasteiger charge is -2.34. The third kappa shape index (κ3) is 7.21. The van der Waals surface area contributed by atoms with Crippen LogP contribution in [-0.4, -0.2) is 50.9 Å². The van der Waals surface area contributed by atoms with Crippen molar-refractivity contribution in [2.24, 2.45) is 0 Å². The smallest absolute Gasteiger partial charge is 0.264 e. The van der Waals surface area contributed by atoms with Gasteiger partial charge in [-0.05, 0) is 81.1 Å². The van der Waals surface area contributed by atoms with Gasteiger partial charge in [0, 0.05) is 12.6 Å². The molecule has 3 aromatic carbocycles. The van der Waals surface area contributed by atoms with Crippen LogP contribution in [0.3, 0.4) is 0 Å². The number of nitrogens with zero attached hydrogens (tertiary/aromatic N) is 2. The van der Waals surface area contributed by atoms with Crippen molar-refractivity contribution in [3.8, 4) is 5.75 Å². The molecule has 3 rings (SSSR count). The molecule has 40 heavy (non-hydrogen) atoms. The highest BCUT2D eigenvalue weighted by atomic mass is 32.2. The Labute approximate surface area is 238 Å². The zero-order chi connectivity index (χ0) is 29.4. The molecule has 0 spiro atoms. The Balaban J connectivity index is 2.10. The molecule has 0 fully saturated rings. The summed E-state index contributed by atoms with van der Waals surface area (Å²) in [6, 6.07) is 19.8. The van der Waals surface area contributed by atoms with Crippen LogP contribution in [0.5, 0.6) is 5.75 Å². The molecule has 0 saturated carbocycles. The highest BCUT2D eigenvalue weighted by molar-refractivity contribution is 7.92. The van der Waals surface area contributed by atoms with Gasteiger partial charge in [0.25, 0.3) is 10.0 Å². The van der Waals surface area contributed by atoms with Crippen molar-refractivity contribution in [2.45, 2.75) is 64.6 Å². The second-order valence-corrected chi connectivity index (χ2v) is 11.9. The number of ether oxygens (including phenoxy) is 1. The Bertz CT molecular complexity index is 1420. The Kier molecular flexibility index (Phi) is 10.3. The fraction of sp³-hybridized carbons (Fsp3) is 0.355. The summed E-state index contributed by atoms with van der Waals surface area (Å²) in [6.45, 7) is 8.90. The van der Waals surface area contributed by atoms with Crippen LogP contribution >= 0.6 is 0 Å². The largest absolute Gasteiger partial charge is 0.497 e. The predicted molar refractivity (Wildman–Crippen MR) is 158 cm³/mol. The Hall–Kier alpha value is -3.85. The van der Waals surface area contributed by atoms with E-state index in [9.17, 15) is 18.0 Å². The van der Waals surface area contributed by atoms with Crippen molar-refractivity contribution in [1.29, 1.82) is 0 Å². The molecule has 0 radical (unpaired) electrons. The molecular weight excluding hydrogens is 526 g/mol. The Morgan fingerprint density at radius 1 is 0.950 bits per heavy atom. The first-order chi connectivity index (χ1) is 19.0. The van der Waals surface area contributed by atoms with Gasteiger partial charge in [0.15, 0.2) is 0 Å². The summed E-state index contributed by atoms with van der Waals surface area (Å²) < 4.78 is 34.5. The van der Waals surface area contributed by atoms with Crippen LogP contribution in [0.2, 0.25) is 0 Å². The molecule has 0 bridgehead atoms. The maximum atomic E-state index is 14.2. The first kappa shape index (κ1) is 30.7. The summed E-state index contributed by atoms with van der Waals surface area (Å²) >= 11 is 0. The van der Waals surface area contributed by atoms with E-state index in [4.69, 9.17) is 4.74 Å². The van der Waals surface area contributed by atoms with Crippen LogP contribution in [0.4, 0.5) is 5.69 Å². The summed E-state index contributed by atoms with van der Waals surface area (Å²) in [5.41, 5.74) is 2.82. The van der Waals surface area contributed by atoms with E-state index < -0.39 is 28.5 Å². The van der Waals surface area contributed by atoms with E-state index in [2.05, 4.69) is 5.32 Å². The third-order valence-corrected chi connectivity index (χ3v) is 8.53. The monoisotopic (exact) mass is 565 g/mol. The van der Waals surface area contributed by atoms with Crippen LogP contribution in [0, 0.1) is 13.8 Å². The van der Waals surface area contributed by atoms with Gasteiger partial charge in [0.05, 0.1) is 17.7 Å². The van der Waals surface area contributed by atoms with Crippen molar-refractivity contribution in [2.75, 3.05) is 18.0 Å². The SMILES string of the molecule is CC[C@@H](C(=O)NC(C)C)N(Cc1cccc(OC)c1)C(=O)CN(c1cccc(C)c1C)S(=O)(=O)c1ccccc1. The Morgan fingerprint density at radius 3 is 2.25 bits per heavy atom. The van der Waals surface area contributed by atoms with Gasteiger partial charge in [-0.1, -0.05) is 49.4 Å². The van der Waals surface area contributed by atoms with Gasteiger partial charge in [0.1, 0.15) is 18.3 Å². The second-order valence-electron chi connectivity index (χ2n) is 10.0. The van der Waals surface area contributed by atoms with E-state index in [1.54, 1.807) is 49.6 Å². The van der Waals surface area contributed by atoms with E-state index >= 15 is 0 Å². The zero-order valence-electron chi connectivity index (χ0n) is 24.0. The zero-order valence-corrected chi connectivity index (χ0v) is 24.9. The lowest BCUT2D eigenvalue weighted by atomic mass is 10.1. The third-order valence-electron chi connectivity index (χ3n) is 6.76. The van der Waals surface area contributed by atoms with Crippen LogP contribution in [0.25, 0.3) is 0 Å². The van der Waals surface area contributed by atoms with Crippen molar-refractivity contribution in [3.05, 3.63) is 89.5 Å². The molecule has 0 heterocycles. The summed E-state index contributed by atoms with van der Waals surface area (Å²) in [7, 11) is -2.55. The molecule has 0 aromatic heterocycles. The highest BCUT2D eigenvalue weighted by Crippen LogP contribution is 2.29. The summed E-state index contributed by atoms with van der Waals surface area (Å²) in [4.78, 5) is 29.0. The molecule has 3 aromatic rings. The van der Waals surface area contributed by atoms with Gasteiger partial charge < -0.3 is 15.0 Å². The first-order valence-corrected chi connectivity index (χ1v) is 14.8. The average molecular weight is 566 g/mol. The molecule has 2 amide bonds. The van der Waals surface area contributed by atoms with Crippen molar-refractivity contribution >= 4 is 27.5 Å². The number of anilines is 1. The van der Waals surface area contributed by atoms with Gasteiger partial charge in [-0.15, -0.1) is 0 Å². The molecule has 0 saturated heterocycles. The van der Waals surface area contributed by atoms with Gasteiger partial charge >= 0.3 is 0 Å². The van der Waals surface area contributed by atoms with Gasteiger partial charge in [-0.25, -0.2) is 8.42 Å². The molecule has 0 aliphatic carbocycles.